The normalized spacial score (nSPS) is 10.4. The topological polar surface area (TPSA) is 85.1 Å². The van der Waals surface area contributed by atoms with Crippen molar-refractivity contribution in [1.29, 1.82) is 0 Å². The van der Waals surface area contributed by atoms with Gasteiger partial charge in [-0.1, -0.05) is 48.5 Å². The van der Waals surface area contributed by atoms with Crippen LogP contribution in [0.1, 0.15) is 27.2 Å². The maximum Gasteiger partial charge on any atom is 0.257 e. The maximum absolute atomic E-state index is 12.6. The summed E-state index contributed by atoms with van der Waals surface area (Å²) in [6.45, 7) is 0. The molecule has 0 saturated heterocycles. The molecule has 1 aromatic heterocycles. The highest BCUT2D eigenvalue weighted by Gasteiger charge is 2.13. The van der Waals surface area contributed by atoms with Crippen molar-refractivity contribution in [3.8, 4) is 0 Å². The van der Waals surface area contributed by atoms with E-state index in [-0.39, 0.29) is 12.3 Å². The first-order valence-corrected chi connectivity index (χ1v) is 8.65. The largest absolute Gasteiger partial charge is 0.369 e. The van der Waals surface area contributed by atoms with Crippen LogP contribution in [-0.4, -0.2) is 16.8 Å². The predicted molar refractivity (Wildman–Crippen MR) is 98.7 cm³/mol. The Balaban J connectivity index is 1.76. The Morgan fingerprint density at radius 2 is 1.76 bits per heavy atom. The Hall–Kier alpha value is -2.99. The monoisotopic (exact) mass is 351 g/mol. The van der Waals surface area contributed by atoms with Gasteiger partial charge in [-0.15, -0.1) is 11.3 Å². The average molecular weight is 351 g/mol. The van der Waals surface area contributed by atoms with Crippen molar-refractivity contribution in [3.05, 3.63) is 82.4 Å². The Bertz CT molecular complexity index is 890. The number of primary amides is 1. The Kier molecular flexibility index (Phi) is 5.20. The summed E-state index contributed by atoms with van der Waals surface area (Å²) in [6, 6.07) is 17.5. The molecule has 126 valence electrons. The van der Waals surface area contributed by atoms with Gasteiger partial charge in [0.05, 0.1) is 12.1 Å². The molecule has 5 nitrogen and oxygen atoms in total. The van der Waals surface area contributed by atoms with E-state index in [1.54, 1.807) is 11.4 Å². The fourth-order valence-electron chi connectivity index (χ4n) is 2.50. The fourth-order valence-corrected chi connectivity index (χ4v) is 3.21. The van der Waals surface area contributed by atoms with Crippen molar-refractivity contribution < 1.29 is 9.59 Å². The van der Waals surface area contributed by atoms with Gasteiger partial charge in [0.2, 0.25) is 5.91 Å². The molecule has 0 aliphatic heterocycles. The number of nitrogens with one attached hydrogen (secondary N) is 1. The summed E-state index contributed by atoms with van der Waals surface area (Å²) in [5.41, 5.74) is 8.41. The van der Waals surface area contributed by atoms with E-state index in [1.165, 1.54) is 11.3 Å². The summed E-state index contributed by atoms with van der Waals surface area (Å²) in [7, 11) is 0. The zero-order valence-electron chi connectivity index (χ0n) is 13.4. The third kappa shape index (κ3) is 4.51. The molecule has 0 atom stereocenters. The molecule has 0 aliphatic carbocycles. The second-order valence-electron chi connectivity index (χ2n) is 5.56. The lowest BCUT2D eigenvalue weighted by atomic mass is 9.99. The molecular formula is C19H17N3O2S. The van der Waals surface area contributed by atoms with Crippen LogP contribution in [0.5, 0.6) is 0 Å². The summed E-state index contributed by atoms with van der Waals surface area (Å²) < 4.78 is 0. The average Bonchev–Trinajstić information content (AvgIpc) is 3.02. The van der Waals surface area contributed by atoms with Crippen LogP contribution in [0.25, 0.3) is 0 Å². The lowest BCUT2D eigenvalue weighted by Gasteiger charge is -2.09. The lowest BCUT2D eigenvalue weighted by molar-refractivity contribution is -0.117. The minimum atomic E-state index is -0.448. The van der Waals surface area contributed by atoms with Gasteiger partial charge < -0.3 is 5.73 Å². The standard InChI is InChI=1S/C19H17N3O2S/c20-17(23)11-15-12-25-19(21-15)22-18(24)16-9-5-4-8-14(16)10-13-6-2-1-3-7-13/h1-9,12H,10-11H2,(H2,20,23)(H,21,22,24). The number of rotatable bonds is 6. The summed E-state index contributed by atoms with van der Waals surface area (Å²) in [4.78, 5) is 27.8. The zero-order chi connectivity index (χ0) is 17.6. The van der Waals surface area contributed by atoms with Gasteiger partial charge >= 0.3 is 0 Å². The van der Waals surface area contributed by atoms with Gasteiger partial charge in [0.15, 0.2) is 5.13 Å². The van der Waals surface area contributed by atoms with Crippen molar-refractivity contribution in [2.75, 3.05) is 5.32 Å². The van der Waals surface area contributed by atoms with Crippen molar-refractivity contribution in [1.82, 2.24) is 4.98 Å². The van der Waals surface area contributed by atoms with Crippen LogP contribution in [0, 0.1) is 0 Å². The molecule has 3 rings (SSSR count). The summed E-state index contributed by atoms with van der Waals surface area (Å²) in [5.74, 6) is -0.664. The number of carbonyl (C=O) groups excluding carboxylic acids is 2. The molecule has 2 aromatic carbocycles. The van der Waals surface area contributed by atoms with E-state index in [0.29, 0.717) is 22.8 Å². The minimum absolute atomic E-state index is 0.0664. The van der Waals surface area contributed by atoms with E-state index in [9.17, 15) is 9.59 Å². The fraction of sp³-hybridized carbons (Fsp3) is 0.105. The van der Waals surface area contributed by atoms with Crippen molar-refractivity contribution in [2.24, 2.45) is 5.73 Å². The van der Waals surface area contributed by atoms with Gasteiger partial charge in [-0.3, -0.25) is 14.9 Å². The molecule has 0 spiro atoms. The van der Waals surface area contributed by atoms with E-state index in [1.807, 2.05) is 48.5 Å². The Labute approximate surface area is 149 Å². The molecule has 0 aliphatic rings. The molecule has 0 saturated carbocycles. The minimum Gasteiger partial charge on any atom is -0.369 e. The van der Waals surface area contributed by atoms with Gasteiger partial charge in [0.1, 0.15) is 0 Å². The first-order valence-electron chi connectivity index (χ1n) is 7.77. The van der Waals surface area contributed by atoms with Crippen LogP contribution in [0.15, 0.2) is 60.0 Å². The van der Waals surface area contributed by atoms with Gasteiger partial charge in [0, 0.05) is 10.9 Å². The highest BCUT2D eigenvalue weighted by Crippen LogP contribution is 2.19. The zero-order valence-corrected chi connectivity index (χ0v) is 14.3. The molecule has 0 unspecified atom stereocenters. The number of hydrogen-bond acceptors (Lipinski definition) is 4. The van der Waals surface area contributed by atoms with Gasteiger partial charge in [-0.2, -0.15) is 0 Å². The number of aromatic nitrogens is 1. The van der Waals surface area contributed by atoms with Crippen LogP contribution in [0.2, 0.25) is 0 Å². The number of thiazole rings is 1. The highest BCUT2D eigenvalue weighted by molar-refractivity contribution is 7.14. The van der Waals surface area contributed by atoms with E-state index >= 15 is 0 Å². The Morgan fingerprint density at radius 3 is 2.52 bits per heavy atom. The smallest absolute Gasteiger partial charge is 0.257 e. The highest BCUT2D eigenvalue weighted by atomic mass is 32.1. The van der Waals surface area contributed by atoms with Crippen LogP contribution in [-0.2, 0) is 17.6 Å². The molecule has 0 bridgehead atoms. The number of carbonyl (C=O) groups is 2. The van der Waals surface area contributed by atoms with Crippen molar-refractivity contribution in [2.45, 2.75) is 12.8 Å². The lowest BCUT2D eigenvalue weighted by Crippen LogP contribution is -2.15. The first kappa shape index (κ1) is 16.9. The summed E-state index contributed by atoms with van der Waals surface area (Å²) >= 11 is 1.27. The summed E-state index contributed by atoms with van der Waals surface area (Å²) in [6.07, 6.45) is 0.742. The maximum atomic E-state index is 12.6. The van der Waals surface area contributed by atoms with Crippen LogP contribution >= 0.6 is 11.3 Å². The molecule has 0 radical (unpaired) electrons. The SMILES string of the molecule is NC(=O)Cc1csc(NC(=O)c2ccccc2Cc2ccccc2)n1. The number of benzene rings is 2. The molecule has 6 heteroatoms. The van der Waals surface area contributed by atoms with Crippen molar-refractivity contribution >= 4 is 28.3 Å². The number of hydrogen-bond donors (Lipinski definition) is 2. The number of nitrogens with two attached hydrogens (primary N) is 1. The molecule has 0 fully saturated rings. The van der Waals surface area contributed by atoms with E-state index in [4.69, 9.17) is 5.73 Å². The third-order valence-electron chi connectivity index (χ3n) is 3.63. The third-order valence-corrected chi connectivity index (χ3v) is 4.43. The predicted octanol–water partition coefficient (Wildman–Crippen LogP) is 3.01. The molecule has 25 heavy (non-hydrogen) atoms. The van der Waals surface area contributed by atoms with Gasteiger partial charge in [-0.25, -0.2) is 4.98 Å². The van der Waals surface area contributed by atoms with Gasteiger partial charge in [-0.05, 0) is 23.6 Å². The Morgan fingerprint density at radius 1 is 1.04 bits per heavy atom. The number of anilines is 1. The van der Waals surface area contributed by atoms with Crippen LogP contribution in [0.3, 0.4) is 0 Å². The van der Waals surface area contributed by atoms with Gasteiger partial charge in [0.25, 0.3) is 5.91 Å². The second kappa shape index (κ2) is 7.72. The first-order chi connectivity index (χ1) is 12.1. The summed E-state index contributed by atoms with van der Waals surface area (Å²) in [5, 5.41) is 4.97. The van der Waals surface area contributed by atoms with E-state index in [0.717, 1.165) is 11.1 Å². The van der Waals surface area contributed by atoms with E-state index in [2.05, 4.69) is 10.3 Å². The molecule has 2 amide bonds. The molecule has 3 N–H and O–H groups in total. The number of amides is 2. The quantitative estimate of drug-likeness (QED) is 0.716. The molecule has 3 aromatic rings. The molecular weight excluding hydrogens is 334 g/mol. The van der Waals surface area contributed by atoms with Crippen molar-refractivity contribution in [3.63, 3.8) is 0 Å². The molecule has 1 heterocycles. The van der Waals surface area contributed by atoms with Crippen LogP contribution in [0.4, 0.5) is 5.13 Å². The second-order valence-corrected chi connectivity index (χ2v) is 6.42. The van der Waals surface area contributed by atoms with Crippen LogP contribution < -0.4 is 11.1 Å². The van der Waals surface area contributed by atoms with E-state index < -0.39 is 5.91 Å². The number of nitrogens with zero attached hydrogens (tertiary/aromatic N) is 1.